The summed E-state index contributed by atoms with van der Waals surface area (Å²) in [6, 6.07) is 23.4. The predicted molar refractivity (Wildman–Crippen MR) is 187 cm³/mol. The smallest absolute Gasteiger partial charge is 0.253 e. The lowest BCUT2D eigenvalue weighted by Gasteiger charge is -2.24. The number of hydrazone groups is 1. The molecule has 0 radical (unpaired) electrons. The first-order valence-corrected chi connectivity index (χ1v) is 17.1. The molecule has 2 aromatic heterocycles. The van der Waals surface area contributed by atoms with Crippen molar-refractivity contribution < 1.29 is 28.5 Å². The van der Waals surface area contributed by atoms with Gasteiger partial charge in [-0.25, -0.2) is 5.01 Å². The number of hydrogen-bond acceptors (Lipinski definition) is 11. The van der Waals surface area contributed by atoms with Gasteiger partial charge in [0.15, 0.2) is 22.5 Å². The maximum absolute atomic E-state index is 14.0. The molecular formula is C35H34N6O6S2. The largest absolute Gasteiger partial charge is 0.497 e. The second-order valence-corrected chi connectivity index (χ2v) is 12.6. The van der Waals surface area contributed by atoms with Gasteiger partial charge in [0.2, 0.25) is 0 Å². The molecule has 1 atom stereocenters. The third-order valence-electron chi connectivity index (χ3n) is 7.87. The van der Waals surface area contributed by atoms with E-state index >= 15 is 0 Å². The van der Waals surface area contributed by atoms with Gasteiger partial charge in [-0.1, -0.05) is 42.1 Å². The highest BCUT2D eigenvalue weighted by molar-refractivity contribution is 7.99. The SMILES string of the molecule is COc1ccc(C(=O)NCc2nnc(SCC(=O)N3N=C(c4cccs4)CC3c3cccc(OC)c3OC)n2-c2ccccc2OC)cc1. The van der Waals surface area contributed by atoms with Crippen LogP contribution in [0.2, 0.25) is 0 Å². The number of hydrogen-bond donors (Lipinski definition) is 1. The van der Waals surface area contributed by atoms with E-state index in [1.54, 1.807) is 68.6 Å². The molecule has 12 nitrogen and oxygen atoms in total. The number of amides is 2. The van der Waals surface area contributed by atoms with Crippen LogP contribution in [0.3, 0.4) is 0 Å². The Balaban J connectivity index is 1.27. The highest BCUT2D eigenvalue weighted by Gasteiger charge is 2.36. The molecule has 0 bridgehead atoms. The van der Waals surface area contributed by atoms with Crippen molar-refractivity contribution in [2.75, 3.05) is 34.2 Å². The Labute approximate surface area is 291 Å². The molecule has 14 heteroatoms. The lowest BCUT2D eigenvalue weighted by Crippen LogP contribution is -2.29. The summed E-state index contributed by atoms with van der Waals surface area (Å²) in [4.78, 5) is 28.0. The summed E-state index contributed by atoms with van der Waals surface area (Å²) in [6.07, 6.45) is 0.510. The monoisotopic (exact) mass is 698 g/mol. The van der Waals surface area contributed by atoms with Gasteiger partial charge in [0, 0.05) is 17.5 Å². The Morgan fingerprint density at radius 1 is 0.878 bits per heavy atom. The topological polar surface area (TPSA) is 129 Å². The van der Waals surface area contributed by atoms with E-state index in [1.807, 2.05) is 60.0 Å². The van der Waals surface area contributed by atoms with Crippen molar-refractivity contribution in [3.05, 3.63) is 106 Å². The number of benzene rings is 3. The average molecular weight is 699 g/mol. The van der Waals surface area contributed by atoms with Gasteiger partial charge >= 0.3 is 0 Å². The summed E-state index contributed by atoms with van der Waals surface area (Å²) in [5, 5.41) is 20.5. The van der Waals surface area contributed by atoms with Crippen molar-refractivity contribution in [2.45, 2.75) is 24.2 Å². The second-order valence-electron chi connectivity index (χ2n) is 10.7. The van der Waals surface area contributed by atoms with Gasteiger partial charge in [-0.3, -0.25) is 14.2 Å². The molecule has 3 aromatic carbocycles. The van der Waals surface area contributed by atoms with Gasteiger partial charge in [0.25, 0.3) is 11.8 Å². The average Bonchev–Trinajstić information content (AvgIpc) is 3.93. The minimum absolute atomic E-state index is 0.00942. The van der Waals surface area contributed by atoms with Crippen molar-refractivity contribution in [1.82, 2.24) is 25.1 Å². The molecule has 1 aliphatic heterocycles. The second kappa shape index (κ2) is 15.3. The number of methoxy groups -OCH3 is 4. The van der Waals surface area contributed by atoms with Crippen LogP contribution in [-0.2, 0) is 11.3 Å². The number of aromatic nitrogens is 3. The van der Waals surface area contributed by atoms with E-state index in [1.165, 1.54) is 16.8 Å². The first-order chi connectivity index (χ1) is 23.9. The fourth-order valence-electron chi connectivity index (χ4n) is 5.51. The van der Waals surface area contributed by atoms with Crippen molar-refractivity contribution in [3.8, 4) is 28.7 Å². The molecule has 49 heavy (non-hydrogen) atoms. The molecule has 3 heterocycles. The van der Waals surface area contributed by atoms with Crippen molar-refractivity contribution >= 4 is 40.6 Å². The van der Waals surface area contributed by atoms with Crippen LogP contribution in [0, 0.1) is 0 Å². The Morgan fingerprint density at radius 3 is 2.37 bits per heavy atom. The highest BCUT2D eigenvalue weighted by Crippen LogP contribution is 2.42. The van der Waals surface area contributed by atoms with E-state index in [0.717, 1.165) is 16.2 Å². The zero-order chi connectivity index (χ0) is 34.3. The molecule has 1 N–H and O–H groups in total. The van der Waals surface area contributed by atoms with Crippen LogP contribution < -0.4 is 24.3 Å². The number of nitrogens with one attached hydrogen (secondary N) is 1. The minimum Gasteiger partial charge on any atom is -0.497 e. The number of ether oxygens (including phenoxy) is 4. The number of carbonyl (C=O) groups excluding carboxylic acids is 2. The van der Waals surface area contributed by atoms with Gasteiger partial charge in [-0.2, -0.15) is 5.10 Å². The first-order valence-electron chi connectivity index (χ1n) is 15.2. The van der Waals surface area contributed by atoms with Crippen LogP contribution in [0.15, 0.2) is 94.5 Å². The lowest BCUT2D eigenvalue weighted by molar-refractivity contribution is -0.130. The molecule has 0 saturated heterocycles. The summed E-state index contributed by atoms with van der Waals surface area (Å²) >= 11 is 2.79. The summed E-state index contributed by atoms with van der Waals surface area (Å²) in [5.41, 5.74) is 2.74. The first kappa shape index (κ1) is 33.6. The number of carbonyl (C=O) groups is 2. The molecule has 252 valence electrons. The van der Waals surface area contributed by atoms with E-state index in [0.29, 0.717) is 51.7 Å². The van der Waals surface area contributed by atoms with E-state index in [4.69, 9.17) is 24.0 Å². The zero-order valence-electron chi connectivity index (χ0n) is 27.3. The van der Waals surface area contributed by atoms with Gasteiger partial charge in [-0.05, 0) is 53.9 Å². The quantitative estimate of drug-likeness (QED) is 0.153. The molecule has 5 aromatic rings. The summed E-state index contributed by atoms with van der Waals surface area (Å²) < 4.78 is 23.9. The minimum atomic E-state index is -0.411. The molecule has 0 spiro atoms. The zero-order valence-corrected chi connectivity index (χ0v) is 28.9. The maximum atomic E-state index is 14.0. The predicted octanol–water partition coefficient (Wildman–Crippen LogP) is 5.76. The van der Waals surface area contributed by atoms with Gasteiger partial charge < -0.3 is 24.3 Å². The Hall–Kier alpha value is -5.34. The van der Waals surface area contributed by atoms with E-state index in [2.05, 4.69) is 15.5 Å². The van der Waals surface area contributed by atoms with Crippen LogP contribution in [0.4, 0.5) is 0 Å². The van der Waals surface area contributed by atoms with Crippen molar-refractivity contribution in [2.24, 2.45) is 5.10 Å². The van der Waals surface area contributed by atoms with Crippen molar-refractivity contribution in [1.29, 1.82) is 0 Å². The lowest BCUT2D eigenvalue weighted by atomic mass is 9.99. The normalized spacial score (nSPS) is 13.9. The molecule has 0 saturated carbocycles. The third kappa shape index (κ3) is 7.10. The summed E-state index contributed by atoms with van der Waals surface area (Å²) in [5.74, 6) is 2.32. The van der Waals surface area contributed by atoms with Crippen LogP contribution >= 0.6 is 23.1 Å². The molecule has 6 rings (SSSR count). The number of nitrogens with zero attached hydrogens (tertiary/aromatic N) is 5. The van der Waals surface area contributed by atoms with E-state index in [9.17, 15) is 9.59 Å². The number of thiophene rings is 1. The number of thioether (sulfide) groups is 1. The Kier molecular flexibility index (Phi) is 10.4. The van der Waals surface area contributed by atoms with Gasteiger partial charge in [0.05, 0.1) is 63.1 Å². The van der Waals surface area contributed by atoms with Crippen molar-refractivity contribution in [3.63, 3.8) is 0 Å². The molecule has 0 fully saturated rings. The van der Waals surface area contributed by atoms with E-state index in [-0.39, 0.29) is 24.1 Å². The maximum Gasteiger partial charge on any atom is 0.253 e. The number of rotatable bonds is 13. The molecule has 0 aliphatic carbocycles. The third-order valence-corrected chi connectivity index (χ3v) is 9.71. The highest BCUT2D eigenvalue weighted by atomic mass is 32.2. The Morgan fingerprint density at radius 2 is 1.65 bits per heavy atom. The molecule has 1 aliphatic rings. The fraction of sp³-hybridized carbons (Fsp3) is 0.229. The van der Waals surface area contributed by atoms with Crippen LogP contribution in [0.1, 0.15) is 39.1 Å². The summed E-state index contributed by atoms with van der Waals surface area (Å²) in [6.45, 7) is 0.0721. The van der Waals surface area contributed by atoms with Gasteiger partial charge in [0.1, 0.15) is 11.5 Å². The van der Waals surface area contributed by atoms with E-state index < -0.39 is 6.04 Å². The summed E-state index contributed by atoms with van der Waals surface area (Å²) in [7, 11) is 6.31. The molecule has 1 unspecified atom stereocenters. The van der Waals surface area contributed by atoms with Crippen LogP contribution in [0.5, 0.6) is 23.0 Å². The standard InChI is InChI=1S/C35H34N6O6S2/c1-44-23-16-14-22(15-17-23)34(43)36-20-31-37-38-35(40(31)26-10-5-6-11-28(26)45-2)49-21-32(42)41-27(19-25(39-41)30-13-8-18-48-30)24-9-7-12-29(46-3)33(24)47-4/h5-18,27H,19-21H2,1-4H3,(H,36,43). The number of para-hydroxylation sites is 3. The Bertz CT molecular complexity index is 1960. The molecule has 2 amide bonds. The van der Waals surface area contributed by atoms with Gasteiger partial charge in [-0.15, -0.1) is 21.5 Å². The fourth-order valence-corrected chi connectivity index (χ4v) is 7.05. The van der Waals surface area contributed by atoms with Crippen LogP contribution in [0.25, 0.3) is 5.69 Å². The van der Waals surface area contributed by atoms with Crippen LogP contribution in [-0.4, -0.2) is 71.5 Å². The molecular weight excluding hydrogens is 665 g/mol.